The molecule has 1 N–H and O–H groups in total. The van der Waals surface area contributed by atoms with Crippen LogP contribution in [0.25, 0.3) is 10.9 Å². The van der Waals surface area contributed by atoms with E-state index in [1.54, 1.807) is 0 Å². The maximum atomic E-state index is 12.4. The molecular weight excluding hydrogens is 481 g/mol. The van der Waals surface area contributed by atoms with Gasteiger partial charge in [-0.15, -0.1) is 24.8 Å². The second kappa shape index (κ2) is 12.8. The molecule has 1 fully saturated rings. The van der Waals surface area contributed by atoms with Gasteiger partial charge < -0.3 is 9.72 Å². The molecule has 5 rings (SSSR count). The van der Waals surface area contributed by atoms with Gasteiger partial charge in [0.1, 0.15) is 6.61 Å². The van der Waals surface area contributed by atoms with Gasteiger partial charge in [-0.3, -0.25) is 9.80 Å². The number of aromatic nitrogens is 1. The maximum absolute atomic E-state index is 12.4. The van der Waals surface area contributed by atoms with Crippen LogP contribution in [0.2, 0.25) is 0 Å². The molecule has 0 atom stereocenters. The maximum Gasteiger partial charge on any atom is 0.338 e. The molecule has 2 heterocycles. The van der Waals surface area contributed by atoms with Gasteiger partial charge in [-0.2, -0.15) is 0 Å². The van der Waals surface area contributed by atoms with Crippen LogP contribution >= 0.6 is 24.8 Å². The average molecular weight is 512 g/mol. The number of fused-ring (bicyclic) bond motifs is 1. The Morgan fingerprint density at radius 2 is 1.46 bits per heavy atom. The van der Waals surface area contributed by atoms with Crippen molar-refractivity contribution in [3.05, 3.63) is 108 Å². The lowest BCUT2D eigenvalue weighted by Gasteiger charge is -2.39. The van der Waals surface area contributed by atoms with Crippen LogP contribution in [-0.2, 0) is 4.74 Å². The van der Waals surface area contributed by atoms with Crippen molar-refractivity contribution < 1.29 is 9.53 Å². The fraction of sp³-hybridized carbons (Fsp3) is 0.250. The molecule has 35 heavy (non-hydrogen) atoms. The fourth-order valence-corrected chi connectivity index (χ4v) is 4.66. The number of ether oxygens (including phenoxy) is 1. The fourth-order valence-electron chi connectivity index (χ4n) is 4.66. The Morgan fingerprint density at radius 3 is 2.09 bits per heavy atom. The van der Waals surface area contributed by atoms with Gasteiger partial charge in [0.15, 0.2) is 0 Å². The van der Waals surface area contributed by atoms with E-state index in [0.717, 1.165) is 43.6 Å². The number of nitrogens with one attached hydrogen (secondary N) is 1. The number of esters is 1. The summed E-state index contributed by atoms with van der Waals surface area (Å²) in [5.74, 6) is -0.259. The first-order valence-corrected chi connectivity index (χ1v) is 11.6. The van der Waals surface area contributed by atoms with E-state index < -0.39 is 0 Å². The van der Waals surface area contributed by atoms with Crippen molar-refractivity contribution in [3.8, 4) is 0 Å². The summed E-state index contributed by atoms with van der Waals surface area (Å²) in [4.78, 5) is 20.5. The molecule has 3 aromatic carbocycles. The molecule has 0 unspecified atom stereocenters. The monoisotopic (exact) mass is 511 g/mol. The minimum absolute atomic E-state index is 0. The number of H-pyrrole nitrogens is 1. The Bertz CT molecular complexity index is 1150. The summed E-state index contributed by atoms with van der Waals surface area (Å²) >= 11 is 0. The minimum atomic E-state index is -0.259. The molecule has 1 aromatic heterocycles. The molecule has 0 bridgehead atoms. The standard InChI is InChI=1S/C28H29N3O2.2ClH/c32-28(25-11-12-26-24(21-25)13-14-29-26)33-20-19-30-15-17-31(18-16-30)27(22-7-3-1-4-8-22)23-9-5-2-6-10-23;;/h1-14,21,27,29H,15-20H2;2*1H. The molecule has 4 aromatic rings. The van der Waals surface area contributed by atoms with Crippen LogP contribution in [0.3, 0.4) is 0 Å². The lowest BCUT2D eigenvalue weighted by Crippen LogP contribution is -2.48. The number of carbonyl (C=O) groups excluding carboxylic acids is 1. The Hall–Kier alpha value is -2.83. The lowest BCUT2D eigenvalue weighted by molar-refractivity contribution is 0.0407. The van der Waals surface area contributed by atoms with Crippen molar-refractivity contribution in [2.24, 2.45) is 0 Å². The topological polar surface area (TPSA) is 48.6 Å². The van der Waals surface area contributed by atoms with Crippen LogP contribution in [0.1, 0.15) is 27.5 Å². The number of hydrogen-bond donors (Lipinski definition) is 1. The van der Waals surface area contributed by atoms with Gasteiger partial charge in [-0.25, -0.2) is 4.79 Å². The van der Waals surface area contributed by atoms with Gasteiger partial charge in [0.2, 0.25) is 0 Å². The molecule has 1 aliphatic rings. The highest BCUT2D eigenvalue weighted by atomic mass is 35.5. The first-order chi connectivity index (χ1) is 16.3. The van der Waals surface area contributed by atoms with Crippen LogP contribution in [0.15, 0.2) is 91.1 Å². The number of benzene rings is 3. The van der Waals surface area contributed by atoms with E-state index >= 15 is 0 Å². The third-order valence-corrected chi connectivity index (χ3v) is 6.43. The molecule has 0 spiro atoms. The number of hydrogen-bond acceptors (Lipinski definition) is 4. The number of piperazine rings is 1. The first kappa shape index (κ1) is 26.8. The van der Waals surface area contributed by atoms with E-state index in [1.807, 2.05) is 30.5 Å². The SMILES string of the molecule is Cl.Cl.O=C(OCCN1CCN(C(c2ccccc2)c2ccccc2)CC1)c1ccc2[nH]ccc2c1. The summed E-state index contributed by atoms with van der Waals surface area (Å²) in [5, 5.41) is 1.02. The Kier molecular flexibility index (Phi) is 9.75. The van der Waals surface area contributed by atoms with Crippen LogP contribution in [-0.4, -0.2) is 60.1 Å². The molecule has 0 amide bonds. The van der Waals surface area contributed by atoms with E-state index in [0.29, 0.717) is 12.2 Å². The van der Waals surface area contributed by atoms with Crippen LogP contribution in [0, 0.1) is 0 Å². The summed E-state index contributed by atoms with van der Waals surface area (Å²) in [5.41, 5.74) is 4.27. The summed E-state index contributed by atoms with van der Waals surface area (Å²) in [6.45, 7) is 5.04. The van der Waals surface area contributed by atoms with E-state index in [1.165, 1.54) is 11.1 Å². The third-order valence-electron chi connectivity index (χ3n) is 6.43. The van der Waals surface area contributed by atoms with Crippen LogP contribution < -0.4 is 0 Å². The molecule has 184 valence electrons. The predicted molar refractivity (Wildman–Crippen MR) is 146 cm³/mol. The van der Waals surface area contributed by atoms with Gasteiger partial charge in [0.25, 0.3) is 0 Å². The minimum Gasteiger partial charge on any atom is -0.461 e. The molecular formula is C28H31Cl2N3O2. The van der Waals surface area contributed by atoms with Crippen molar-refractivity contribution in [2.75, 3.05) is 39.3 Å². The highest BCUT2D eigenvalue weighted by Gasteiger charge is 2.26. The van der Waals surface area contributed by atoms with Gasteiger partial charge >= 0.3 is 5.97 Å². The zero-order chi connectivity index (χ0) is 22.5. The Labute approximate surface area is 218 Å². The van der Waals surface area contributed by atoms with Gasteiger partial charge in [-0.05, 0) is 35.4 Å². The number of carbonyl (C=O) groups is 1. The zero-order valence-electron chi connectivity index (χ0n) is 19.5. The van der Waals surface area contributed by atoms with Gasteiger partial charge in [0, 0.05) is 49.8 Å². The molecule has 7 heteroatoms. The number of rotatable bonds is 7. The average Bonchev–Trinajstić information content (AvgIpc) is 3.34. The highest BCUT2D eigenvalue weighted by Crippen LogP contribution is 2.29. The smallest absolute Gasteiger partial charge is 0.338 e. The summed E-state index contributed by atoms with van der Waals surface area (Å²) in [7, 11) is 0. The summed E-state index contributed by atoms with van der Waals surface area (Å²) in [6, 6.07) is 29.3. The summed E-state index contributed by atoms with van der Waals surface area (Å²) in [6.07, 6.45) is 1.87. The van der Waals surface area contributed by atoms with E-state index in [4.69, 9.17) is 4.74 Å². The summed E-state index contributed by atoms with van der Waals surface area (Å²) < 4.78 is 5.56. The molecule has 0 radical (unpaired) electrons. The molecule has 0 saturated carbocycles. The predicted octanol–water partition coefficient (Wildman–Crippen LogP) is 5.58. The van der Waals surface area contributed by atoms with Crippen molar-refractivity contribution in [3.63, 3.8) is 0 Å². The van der Waals surface area contributed by atoms with Gasteiger partial charge in [0.05, 0.1) is 11.6 Å². The van der Waals surface area contributed by atoms with E-state index in [2.05, 4.69) is 75.4 Å². The Balaban J connectivity index is 0.00000171. The molecule has 1 saturated heterocycles. The highest BCUT2D eigenvalue weighted by molar-refractivity contribution is 5.94. The van der Waals surface area contributed by atoms with Crippen LogP contribution in [0.5, 0.6) is 0 Å². The van der Waals surface area contributed by atoms with E-state index in [9.17, 15) is 4.79 Å². The number of aromatic amines is 1. The second-order valence-corrected chi connectivity index (χ2v) is 8.52. The first-order valence-electron chi connectivity index (χ1n) is 11.6. The molecule has 1 aliphatic heterocycles. The van der Waals surface area contributed by atoms with Crippen molar-refractivity contribution in [2.45, 2.75) is 6.04 Å². The third kappa shape index (κ3) is 6.44. The molecule has 0 aliphatic carbocycles. The normalized spacial score (nSPS) is 14.3. The number of nitrogens with zero attached hydrogens (tertiary/aromatic N) is 2. The lowest BCUT2D eigenvalue weighted by atomic mass is 9.96. The van der Waals surface area contributed by atoms with Crippen molar-refractivity contribution >= 4 is 41.7 Å². The second-order valence-electron chi connectivity index (χ2n) is 8.52. The quantitative estimate of drug-likeness (QED) is 0.329. The Morgan fingerprint density at radius 1 is 0.829 bits per heavy atom. The van der Waals surface area contributed by atoms with Crippen LogP contribution in [0.4, 0.5) is 0 Å². The molecule has 5 nitrogen and oxygen atoms in total. The van der Waals surface area contributed by atoms with Crippen molar-refractivity contribution in [1.82, 2.24) is 14.8 Å². The zero-order valence-corrected chi connectivity index (χ0v) is 21.1. The van der Waals surface area contributed by atoms with E-state index in [-0.39, 0.29) is 36.8 Å². The van der Waals surface area contributed by atoms with Gasteiger partial charge in [-0.1, -0.05) is 60.7 Å². The largest absolute Gasteiger partial charge is 0.461 e. The number of halogens is 2. The van der Waals surface area contributed by atoms with Crippen molar-refractivity contribution in [1.29, 1.82) is 0 Å².